The van der Waals surface area contributed by atoms with Crippen LogP contribution in [0.5, 0.6) is 0 Å². The Labute approximate surface area is 135 Å². The molecule has 6 nitrogen and oxygen atoms in total. The second kappa shape index (κ2) is 8.02. The Morgan fingerprint density at radius 3 is 1.65 bits per heavy atom. The van der Waals surface area contributed by atoms with Gasteiger partial charge in [-0.3, -0.25) is 18.2 Å². The van der Waals surface area contributed by atoms with Crippen molar-refractivity contribution in [1.82, 2.24) is 4.90 Å². The first-order valence-corrected chi connectivity index (χ1v) is 9.56. The van der Waals surface area contributed by atoms with E-state index >= 15 is 0 Å². The predicted octanol–water partition coefficient (Wildman–Crippen LogP) is 3.82. The summed E-state index contributed by atoms with van der Waals surface area (Å²) in [6.45, 7) is 1.01. The van der Waals surface area contributed by atoms with Gasteiger partial charge in [-0.2, -0.15) is 0 Å². The van der Waals surface area contributed by atoms with Gasteiger partial charge in [0, 0.05) is 13.1 Å². The molecule has 23 heavy (non-hydrogen) atoms. The van der Waals surface area contributed by atoms with Gasteiger partial charge in [0.1, 0.15) is 0 Å². The van der Waals surface area contributed by atoms with Crippen LogP contribution in [0.25, 0.3) is 0 Å². The van der Waals surface area contributed by atoms with Crippen LogP contribution in [0.1, 0.15) is 11.1 Å². The fraction of sp³-hybridized carbons (Fsp3) is 0.200. The molecule has 0 amide bonds. The summed E-state index contributed by atoms with van der Waals surface area (Å²) in [5.41, 5.74) is 2.09. The molecule has 1 aliphatic rings. The fourth-order valence-electron chi connectivity index (χ4n) is 2.29. The van der Waals surface area contributed by atoms with Crippen molar-refractivity contribution < 1.29 is 22.5 Å². The van der Waals surface area contributed by atoms with Gasteiger partial charge in [0.05, 0.1) is 0 Å². The zero-order chi connectivity index (χ0) is 16.1. The molecule has 2 aromatic rings. The standard InChI is InChI=1S/C15H17NO5P2/c17-22-19-15(20-23(18)21-22)16(11-13-7-3-1-4-8-13)12-14-9-5-2-6-10-14/h1-10,15,22-23H,11-12H2. The van der Waals surface area contributed by atoms with E-state index in [1.807, 2.05) is 65.6 Å². The minimum atomic E-state index is -2.80. The van der Waals surface area contributed by atoms with Crippen molar-refractivity contribution in [3.63, 3.8) is 0 Å². The first-order chi connectivity index (χ1) is 11.2. The number of hydrogen-bond acceptors (Lipinski definition) is 6. The van der Waals surface area contributed by atoms with Gasteiger partial charge in [0.15, 0.2) is 0 Å². The van der Waals surface area contributed by atoms with Gasteiger partial charge in [0.2, 0.25) is 6.41 Å². The Morgan fingerprint density at radius 1 is 0.783 bits per heavy atom. The second-order valence-corrected chi connectivity index (χ2v) is 7.31. The van der Waals surface area contributed by atoms with Gasteiger partial charge in [-0.15, -0.1) is 0 Å². The van der Waals surface area contributed by atoms with E-state index in [0.717, 1.165) is 11.1 Å². The highest BCUT2D eigenvalue weighted by Gasteiger charge is 2.30. The average molecular weight is 353 g/mol. The first kappa shape index (κ1) is 16.6. The lowest BCUT2D eigenvalue weighted by molar-refractivity contribution is -0.136. The Kier molecular flexibility index (Phi) is 5.79. The summed E-state index contributed by atoms with van der Waals surface area (Å²) in [6, 6.07) is 19.5. The van der Waals surface area contributed by atoms with Crippen LogP contribution < -0.4 is 0 Å². The summed E-state index contributed by atoms with van der Waals surface area (Å²) in [6.07, 6.45) is -0.957. The maximum Gasteiger partial charge on any atom is 0.329 e. The zero-order valence-electron chi connectivity index (χ0n) is 12.3. The first-order valence-electron chi connectivity index (χ1n) is 7.12. The summed E-state index contributed by atoms with van der Waals surface area (Å²) in [5.74, 6) is 0. The van der Waals surface area contributed by atoms with Crippen LogP contribution >= 0.6 is 16.5 Å². The second-order valence-electron chi connectivity index (χ2n) is 5.02. The zero-order valence-corrected chi connectivity index (χ0v) is 14.3. The molecule has 0 aliphatic carbocycles. The Bertz CT molecular complexity index is 625. The molecular weight excluding hydrogens is 336 g/mol. The van der Waals surface area contributed by atoms with Crippen LogP contribution in [0, 0.1) is 0 Å². The Balaban J connectivity index is 1.80. The fourth-order valence-corrected chi connectivity index (χ4v) is 4.04. The molecule has 0 spiro atoms. The van der Waals surface area contributed by atoms with Crippen LogP contribution in [-0.4, -0.2) is 11.3 Å². The maximum atomic E-state index is 11.6. The van der Waals surface area contributed by atoms with Crippen LogP contribution in [0.15, 0.2) is 60.7 Å². The maximum absolute atomic E-state index is 11.6. The molecule has 1 saturated heterocycles. The molecule has 8 heteroatoms. The van der Waals surface area contributed by atoms with Gasteiger partial charge in [0.25, 0.3) is 0 Å². The minimum Gasteiger partial charge on any atom is -0.265 e. The molecular formula is C15H17NO5P2. The van der Waals surface area contributed by atoms with Crippen LogP contribution in [0.2, 0.25) is 0 Å². The molecule has 3 rings (SSSR count). The van der Waals surface area contributed by atoms with Crippen molar-refractivity contribution in [2.24, 2.45) is 0 Å². The lowest BCUT2D eigenvalue weighted by Gasteiger charge is -2.32. The van der Waals surface area contributed by atoms with Crippen molar-refractivity contribution in [3.8, 4) is 0 Å². The molecule has 2 aromatic carbocycles. The molecule has 122 valence electrons. The smallest absolute Gasteiger partial charge is 0.265 e. The third kappa shape index (κ3) is 4.85. The van der Waals surface area contributed by atoms with E-state index in [9.17, 15) is 9.13 Å². The van der Waals surface area contributed by atoms with E-state index in [4.69, 9.17) is 9.05 Å². The van der Waals surface area contributed by atoms with Crippen LogP contribution in [0.4, 0.5) is 0 Å². The van der Waals surface area contributed by atoms with E-state index in [2.05, 4.69) is 4.31 Å². The molecule has 0 N–H and O–H groups in total. The number of hydrogen-bond donors (Lipinski definition) is 0. The van der Waals surface area contributed by atoms with Crippen LogP contribution in [0.3, 0.4) is 0 Å². The van der Waals surface area contributed by atoms with Gasteiger partial charge in [-0.05, 0) is 11.1 Å². The van der Waals surface area contributed by atoms with E-state index in [0.29, 0.717) is 13.1 Å². The van der Waals surface area contributed by atoms with Crippen molar-refractivity contribution >= 4 is 16.5 Å². The van der Waals surface area contributed by atoms with E-state index in [1.165, 1.54) is 0 Å². The molecule has 0 radical (unpaired) electrons. The van der Waals surface area contributed by atoms with Crippen molar-refractivity contribution in [2.45, 2.75) is 19.5 Å². The van der Waals surface area contributed by atoms with E-state index in [1.54, 1.807) is 0 Å². The Hall–Kier alpha value is -1.26. The third-order valence-electron chi connectivity index (χ3n) is 3.32. The van der Waals surface area contributed by atoms with Crippen molar-refractivity contribution in [3.05, 3.63) is 71.8 Å². The summed E-state index contributed by atoms with van der Waals surface area (Å²) < 4.78 is 38.1. The van der Waals surface area contributed by atoms with E-state index in [-0.39, 0.29) is 0 Å². The molecule has 1 heterocycles. The normalized spacial score (nSPS) is 24.7. The third-order valence-corrected chi connectivity index (χ3v) is 5.44. The molecule has 2 unspecified atom stereocenters. The lowest BCUT2D eigenvalue weighted by Crippen LogP contribution is -2.37. The average Bonchev–Trinajstić information content (AvgIpc) is 2.55. The highest BCUT2D eigenvalue weighted by atomic mass is 31.2. The SMILES string of the molecule is O=[PH]1OC(N(Cc2ccccc2)Cc2ccccc2)O[PH](=O)O1. The topological polar surface area (TPSA) is 65.1 Å². The monoisotopic (exact) mass is 353 g/mol. The summed E-state index contributed by atoms with van der Waals surface area (Å²) in [5, 5.41) is 0. The molecule has 2 atom stereocenters. The van der Waals surface area contributed by atoms with E-state index < -0.39 is 22.9 Å². The summed E-state index contributed by atoms with van der Waals surface area (Å²) in [7, 11) is -5.60. The number of benzene rings is 2. The van der Waals surface area contributed by atoms with Gasteiger partial charge >= 0.3 is 16.5 Å². The lowest BCUT2D eigenvalue weighted by atomic mass is 10.2. The molecule has 0 bridgehead atoms. The summed E-state index contributed by atoms with van der Waals surface area (Å²) >= 11 is 0. The highest BCUT2D eigenvalue weighted by Crippen LogP contribution is 2.48. The van der Waals surface area contributed by atoms with Crippen molar-refractivity contribution in [1.29, 1.82) is 0 Å². The molecule has 0 saturated carbocycles. The summed E-state index contributed by atoms with van der Waals surface area (Å²) in [4.78, 5) is 1.83. The number of rotatable bonds is 5. The van der Waals surface area contributed by atoms with Gasteiger partial charge < -0.3 is 0 Å². The molecule has 1 fully saturated rings. The van der Waals surface area contributed by atoms with Crippen molar-refractivity contribution in [2.75, 3.05) is 0 Å². The Morgan fingerprint density at radius 2 is 1.22 bits per heavy atom. The van der Waals surface area contributed by atoms with Crippen LogP contribution in [-0.2, 0) is 35.6 Å². The number of nitrogens with zero attached hydrogens (tertiary/aromatic N) is 1. The minimum absolute atomic E-state index is 0.505. The molecule has 1 aliphatic heterocycles. The van der Waals surface area contributed by atoms with Gasteiger partial charge in [-0.25, -0.2) is 9.21 Å². The predicted molar refractivity (Wildman–Crippen MR) is 87.2 cm³/mol. The molecule has 0 aromatic heterocycles. The largest absolute Gasteiger partial charge is 0.329 e. The quantitative estimate of drug-likeness (QED) is 0.762. The highest BCUT2D eigenvalue weighted by molar-refractivity contribution is 7.48. The van der Waals surface area contributed by atoms with Gasteiger partial charge in [-0.1, -0.05) is 60.7 Å².